The van der Waals surface area contributed by atoms with Crippen LogP contribution in [0.2, 0.25) is 0 Å². The standard InChI is InChI=1S/C16H19N3S.HI/c17-16(18-9-8-15-5-2-10-20-15)19-14-7-6-12-3-1-4-13(12)11-14;/h2,5-7,10-11H,1,3-4,8-9H2,(H3,17,18,19);1H. The first-order valence-corrected chi connectivity index (χ1v) is 7.90. The molecule has 21 heavy (non-hydrogen) atoms. The summed E-state index contributed by atoms with van der Waals surface area (Å²) >= 11 is 1.76. The van der Waals surface area contributed by atoms with Crippen molar-refractivity contribution in [1.29, 1.82) is 0 Å². The fourth-order valence-electron chi connectivity index (χ4n) is 2.58. The van der Waals surface area contributed by atoms with Crippen LogP contribution in [0, 0.1) is 0 Å². The molecule has 1 aromatic carbocycles. The minimum atomic E-state index is 0. The fourth-order valence-corrected chi connectivity index (χ4v) is 3.28. The number of thiophene rings is 1. The van der Waals surface area contributed by atoms with E-state index >= 15 is 0 Å². The van der Waals surface area contributed by atoms with Gasteiger partial charge in [0.1, 0.15) is 0 Å². The number of aliphatic imine (C=N–C) groups is 1. The maximum Gasteiger partial charge on any atom is 0.193 e. The molecule has 2 aromatic rings. The van der Waals surface area contributed by atoms with Crippen LogP contribution in [0.3, 0.4) is 0 Å². The van der Waals surface area contributed by atoms with Gasteiger partial charge in [-0.25, -0.2) is 0 Å². The molecule has 3 rings (SSSR count). The number of nitrogens with zero attached hydrogens (tertiary/aromatic N) is 1. The summed E-state index contributed by atoms with van der Waals surface area (Å²) in [6.07, 6.45) is 4.60. The van der Waals surface area contributed by atoms with Crippen molar-refractivity contribution in [2.24, 2.45) is 10.7 Å². The summed E-state index contributed by atoms with van der Waals surface area (Å²) in [4.78, 5) is 5.72. The number of nitrogens with one attached hydrogen (secondary N) is 1. The molecule has 112 valence electrons. The van der Waals surface area contributed by atoms with Crippen molar-refractivity contribution in [1.82, 2.24) is 0 Å². The molecule has 0 radical (unpaired) electrons. The molecule has 0 amide bonds. The number of guanidine groups is 1. The molecule has 3 nitrogen and oxygen atoms in total. The molecule has 0 saturated carbocycles. The predicted octanol–water partition coefficient (Wildman–Crippen LogP) is 3.82. The van der Waals surface area contributed by atoms with Crippen LogP contribution in [0.15, 0.2) is 40.7 Å². The minimum Gasteiger partial charge on any atom is -0.370 e. The normalized spacial score (nSPS) is 13.6. The molecule has 0 saturated heterocycles. The van der Waals surface area contributed by atoms with Crippen LogP contribution in [-0.2, 0) is 19.3 Å². The van der Waals surface area contributed by atoms with Crippen molar-refractivity contribution in [2.45, 2.75) is 25.7 Å². The van der Waals surface area contributed by atoms with Crippen LogP contribution < -0.4 is 11.1 Å². The van der Waals surface area contributed by atoms with Gasteiger partial charge in [0.15, 0.2) is 5.96 Å². The van der Waals surface area contributed by atoms with Crippen LogP contribution in [0.1, 0.15) is 22.4 Å². The molecule has 1 aliphatic rings. The number of aryl methyl sites for hydroxylation is 2. The lowest BCUT2D eigenvalue weighted by molar-refractivity contribution is 0.912. The average Bonchev–Trinajstić information content (AvgIpc) is 3.08. The van der Waals surface area contributed by atoms with Crippen molar-refractivity contribution in [2.75, 3.05) is 11.9 Å². The van der Waals surface area contributed by atoms with Crippen LogP contribution in [0.4, 0.5) is 5.69 Å². The molecule has 1 aliphatic carbocycles. The molecule has 0 fully saturated rings. The maximum absolute atomic E-state index is 5.93. The molecule has 0 spiro atoms. The number of fused-ring (bicyclic) bond motifs is 1. The Labute approximate surface area is 146 Å². The summed E-state index contributed by atoms with van der Waals surface area (Å²) < 4.78 is 0. The topological polar surface area (TPSA) is 50.4 Å². The first kappa shape index (κ1) is 16.3. The zero-order valence-electron chi connectivity index (χ0n) is 11.8. The van der Waals surface area contributed by atoms with E-state index in [2.05, 4.69) is 46.0 Å². The van der Waals surface area contributed by atoms with Crippen LogP contribution in [-0.4, -0.2) is 12.5 Å². The zero-order valence-corrected chi connectivity index (χ0v) is 15.0. The molecule has 1 heterocycles. The summed E-state index contributed by atoms with van der Waals surface area (Å²) in [6.45, 7) is 0.726. The Hall–Kier alpha value is -1.08. The second-order valence-corrected chi connectivity index (χ2v) is 6.09. The first-order chi connectivity index (χ1) is 9.81. The van der Waals surface area contributed by atoms with Gasteiger partial charge in [0.2, 0.25) is 0 Å². The lowest BCUT2D eigenvalue weighted by Crippen LogP contribution is -2.23. The highest BCUT2D eigenvalue weighted by Crippen LogP contribution is 2.24. The third-order valence-corrected chi connectivity index (χ3v) is 4.53. The monoisotopic (exact) mass is 413 g/mol. The first-order valence-electron chi connectivity index (χ1n) is 7.02. The van der Waals surface area contributed by atoms with E-state index in [4.69, 9.17) is 5.73 Å². The summed E-state index contributed by atoms with van der Waals surface area (Å²) in [5, 5.41) is 5.27. The molecular formula is C16H20IN3S. The van der Waals surface area contributed by atoms with E-state index in [9.17, 15) is 0 Å². The van der Waals surface area contributed by atoms with Gasteiger partial charge in [-0.05, 0) is 54.0 Å². The van der Waals surface area contributed by atoms with Gasteiger partial charge in [-0.3, -0.25) is 4.99 Å². The number of benzene rings is 1. The van der Waals surface area contributed by atoms with Crippen molar-refractivity contribution in [3.05, 3.63) is 51.7 Å². The number of halogens is 1. The van der Waals surface area contributed by atoms with E-state index in [1.54, 1.807) is 11.3 Å². The van der Waals surface area contributed by atoms with E-state index in [1.807, 2.05) is 0 Å². The molecule has 0 atom stereocenters. The maximum atomic E-state index is 5.93. The molecule has 0 bridgehead atoms. The van der Waals surface area contributed by atoms with Gasteiger partial charge in [0.05, 0.1) is 0 Å². The van der Waals surface area contributed by atoms with Gasteiger partial charge >= 0.3 is 0 Å². The number of anilines is 1. The van der Waals surface area contributed by atoms with Crippen molar-refractivity contribution in [3.8, 4) is 0 Å². The van der Waals surface area contributed by atoms with Crippen molar-refractivity contribution in [3.63, 3.8) is 0 Å². The Balaban J connectivity index is 0.00000161. The quantitative estimate of drug-likeness (QED) is 0.455. The number of hydrogen-bond acceptors (Lipinski definition) is 2. The smallest absolute Gasteiger partial charge is 0.193 e. The number of nitrogens with two attached hydrogens (primary N) is 1. The van der Waals surface area contributed by atoms with E-state index in [-0.39, 0.29) is 24.0 Å². The minimum absolute atomic E-state index is 0. The summed E-state index contributed by atoms with van der Waals surface area (Å²) in [5.41, 5.74) is 9.90. The number of rotatable bonds is 4. The van der Waals surface area contributed by atoms with Gasteiger partial charge in [0.25, 0.3) is 0 Å². The highest BCUT2D eigenvalue weighted by molar-refractivity contribution is 14.0. The van der Waals surface area contributed by atoms with Crippen LogP contribution in [0.5, 0.6) is 0 Å². The fraction of sp³-hybridized carbons (Fsp3) is 0.312. The van der Waals surface area contributed by atoms with Crippen molar-refractivity contribution >= 4 is 47.0 Å². The highest BCUT2D eigenvalue weighted by atomic mass is 127. The predicted molar refractivity (Wildman–Crippen MR) is 102 cm³/mol. The van der Waals surface area contributed by atoms with Crippen LogP contribution >= 0.6 is 35.3 Å². The van der Waals surface area contributed by atoms with Gasteiger partial charge < -0.3 is 11.1 Å². The second-order valence-electron chi connectivity index (χ2n) is 5.06. The molecule has 1 aromatic heterocycles. The largest absolute Gasteiger partial charge is 0.370 e. The summed E-state index contributed by atoms with van der Waals surface area (Å²) in [7, 11) is 0. The Morgan fingerprint density at radius 1 is 1.24 bits per heavy atom. The zero-order chi connectivity index (χ0) is 13.8. The molecule has 5 heteroatoms. The van der Waals surface area contributed by atoms with E-state index in [1.165, 1.54) is 35.3 Å². The summed E-state index contributed by atoms with van der Waals surface area (Å²) in [5.74, 6) is 0.500. The van der Waals surface area contributed by atoms with Crippen LogP contribution in [0.25, 0.3) is 0 Å². The number of hydrogen-bond donors (Lipinski definition) is 2. The molecule has 0 unspecified atom stereocenters. The van der Waals surface area contributed by atoms with Gasteiger partial charge in [-0.1, -0.05) is 12.1 Å². The molecule has 0 aliphatic heterocycles. The Bertz CT molecular complexity index is 608. The third-order valence-electron chi connectivity index (χ3n) is 3.59. The van der Waals surface area contributed by atoms with E-state index in [0.29, 0.717) is 5.96 Å². The Morgan fingerprint density at radius 3 is 2.90 bits per heavy atom. The molecule has 3 N–H and O–H groups in total. The van der Waals surface area contributed by atoms with Gasteiger partial charge in [-0.15, -0.1) is 35.3 Å². The molecular weight excluding hydrogens is 393 g/mol. The SMILES string of the molecule is I.NC(=NCCc1cccs1)Nc1ccc2c(c1)CCC2. The third kappa shape index (κ3) is 4.44. The van der Waals surface area contributed by atoms with Crippen molar-refractivity contribution < 1.29 is 0 Å². The van der Waals surface area contributed by atoms with Gasteiger partial charge in [0, 0.05) is 23.5 Å². The Kier molecular flexibility index (Phi) is 6.05. The average molecular weight is 413 g/mol. The van der Waals surface area contributed by atoms with E-state index < -0.39 is 0 Å². The van der Waals surface area contributed by atoms with Gasteiger partial charge in [-0.2, -0.15) is 0 Å². The van der Waals surface area contributed by atoms with E-state index in [0.717, 1.165) is 18.7 Å². The summed E-state index contributed by atoms with van der Waals surface area (Å²) in [6, 6.07) is 10.7. The highest BCUT2D eigenvalue weighted by Gasteiger charge is 2.10. The lowest BCUT2D eigenvalue weighted by Gasteiger charge is -2.07. The lowest BCUT2D eigenvalue weighted by atomic mass is 10.1. The second kappa shape index (κ2) is 7.79. The Morgan fingerprint density at radius 2 is 2.10 bits per heavy atom.